The topological polar surface area (TPSA) is 12.4 Å². The van der Waals surface area contributed by atoms with Crippen LogP contribution in [0.4, 0.5) is 0 Å². The van der Waals surface area contributed by atoms with Crippen LogP contribution in [0.2, 0.25) is 0 Å². The number of hydrogen-bond donors (Lipinski definition) is 0. The number of allylic oxidation sites excluding steroid dienone is 2. The highest BCUT2D eigenvalue weighted by Gasteiger charge is 2.05. The zero-order valence-electron chi connectivity index (χ0n) is 15.3. The third-order valence-corrected chi connectivity index (χ3v) is 4.32. The van der Waals surface area contributed by atoms with Gasteiger partial charge in [-0.15, -0.1) is 0 Å². The highest BCUT2D eigenvalue weighted by atomic mass is 14.8. The minimum absolute atomic E-state index is 0.871. The van der Waals surface area contributed by atoms with E-state index in [0.717, 1.165) is 22.5 Å². The quantitative estimate of drug-likeness (QED) is 0.459. The van der Waals surface area contributed by atoms with Crippen molar-refractivity contribution in [3.8, 4) is 11.1 Å². The van der Waals surface area contributed by atoms with E-state index in [1.165, 1.54) is 16.7 Å². The summed E-state index contributed by atoms with van der Waals surface area (Å²) >= 11 is 0. The second-order valence-electron chi connectivity index (χ2n) is 6.19. The van der Waals surface area contributed by atoms with Crippen LogP contribution >= 0.6 is 0 Å². The highest BCUT2D eigenvalue weighted by molar-refractivity contribution is 6.11. The van der Waals surface area contributed by atoms with Gasteiger partial charge in [-0.1, -0.05) is 91.0 Å². The summed E-state index contributed by atoms with van der Waals surface area (Å²) < 4.78 is 0. The van der Waals surface area contributed by atoms with Crippen LogP contribution in [-0.4, -0.2) is 5.71 Å². The minimum Gasteiger partial charge on any atom is -0.248 e. The van der Waals surface area contributed by atoms with E-state index in [9.17, 15) is 0 Å². The van der Waals surface area contributed by atoms with Crippen molar-refractivity contribution in [2.75, 3.05) is 0 Å². The molecule has 1 heteroatoms. The van der Waals surface area contributed by atoms with Crippen molar-refractivity contribution >= 4 is 11.4 Å². The van der Waals surface area contributed by atoms with Crippen molar-refractivity contribution in [1.29, 1.82) is 0 Å². The lowest BCUT2D eigenvalue weighted by Gasteiger charge is -2.08. The van der Waals surface area contributed by atoms with Crippen molar-refractivity contribution in [3.05, 3.63) is 114 Å². The van der Waals surface area contributed by atoms with Gasteiger partial charge in [0, 0.05) is 5.56 Å². The zero-order chi connectivity index (χ0) is 18.4. The molecule has 0 fully saturated rings. The molecule has 0 amide bonds. The number of nitrogens with zero attached hydrogens (tertiary/aromatic N) is 1. The zero-order valence-corrected chi connectivity index (χ0v) is 15.3. The first-order valence-corrected chi connectivity index (χ1v) is 8.81. The summed E-state index contributed by atoms with van der Waals surface area (Å²) in [5, 5.41) is 0. The Morgan fingerprint density at radius 3 is 2.15 bits per heavy atom. The normalized spacial score (nSPS) is 12.1. The summed E-state index contributed by atoms with van der Waals surface area (Å²) in [6.07, 6.45) is 3.85. The van der Waals surface area contributed by atoms with E-state index in [1.807, 2.05) is 37.3 Å². The molecule has 0 aromatic heterocycles. The van der Waals surface area contributed by atoms with Crippen LogP contribution in [0, 0.1) is 6.92 Å². The van der Waals surface area contributed by atoms with Gasteiger partial charge in [0.15, 0.2) is 0 Å². The fourth-order valence-electron chi connectivity index (χ4n) is 2.87. The van der Waals surface area contributed by atoms with E-state index < -0.39 is 0 Å². The van der Waals surface area contributed by atoms with Crippen molar-refractivity contribution in [3.63, 3.8) is 0 Å². The molecule has 0 saturated heterocycles. The number of hydrogen-bond acceptors (Lipinski definition) is 1. The first kappa shape index (κ1) is 17.6. The summed E-state index contributed by atoms with van der Waals surface area (Å²) in [7, 11) is 0. The molecular weight excluding hydrogens is 314 g/mol. The van der Waals surface area contributed by atoms with Gasteiger partial charge < -0.3 is 0 Å². The third kappa shape index (κ3) is 4.07. The molecule has 3 rings (SSSR count). The molecule has 0 spiro atoms. The summed E-state index contributed by atoms with van der Waals surface area (Å²) in [4.78, 5) is 4.86. The fourth-order valence-corrected chi connectivity index (χ4v) is 2.87. The summed E-state index contributed by atoms with van der Waals surface area (Å²) in [5.74, 6) is 0. The second-order valence-corrected chi connectivity index (χ2v) is 6.19. The van der Waals surface area contributed by atoms with Crippen LogP contribution in [0.5, 0.6) is 0 Å². The lowest BCUT2D eigenvalue weighted by Crippen LogP contribution is -1.98. The Balaban J connectivity index is 1.99. The SMILES string of the molecule is C=C/C(=N\C(=C/C)c1ccccc1)c1cccc(-c2ccc(C)cc2)c1. The van der Waals surface area contributed by atoms with Gasteiger partial charge in [-0.25, -0.2) is 4.99 Å². The lowest BCUT2D eigenvalue weighted by atomic mass is 10.00. The third-order valence-electron chi connectivity index (χ3n) is 4.32. The van der Waals surface area contributed by atoms with Gasteiger partial charge in [-0.2, -0.15) is 0 Å². The van der Waals surface area contributed by atoms with Crippen LogP contribution in [-0.2, 0) is 0 Å². The molecule has 0 heterocycles. The molecule has 0 bridgehead atoms. The molecule has 3 aromatic rings. The van der Waals surface area contributed by atoms with E-state index in [1.54, 1.807) is 0 Å². The van der Waals surface area contributed by atoms with Crippen LogP contribution in [0.25, 0.3) is 16.8 Å². The van der Waals surface area contributed by atoms with Crippen LogP contribution in [0.15, 0.2) is 103 Å². The van der Waals surface area contributed by atoms with Gasteiger partial charge in [-0.05, 0) is 42.7 Å². The Morgan fingerprint density at radius 1 is 0.808 bits per heavy atom. The molecule has 0 N–H and O–H groups in total. The summed E-state index contributed by atoms with van der Waals surface area (Å²) in [6, 6.07) is 27.2. The number of rotatable bonds is 5. The molecule has 0 unspecified atom stereocenters. The van der Waals surface area contributed by atoms with Crippen LogP contribution < -0.4 is 0 Å². The standard InChI is InChI=1S/C25H23N/c1-4-24(21-10-7-6-8-11-21)26-25(5-2)23-13-9-12-22(18-23)20-16-14-19(3)15-17-20/h4-18H,2H2,1,3H3/b24-4-,26-25+. The van der Waals surface area contributed by atoms with E-state index in [2.05, 4.69) is 74.2 Å². The number of aliphatic imine (C=N–C) groups is 1. The van der Waals surface area contributed by atoms with E-state index >= 15 is 0 Å². The lowest BCUT2D eigenvalue weighted by molar-refractivity contribution is 1.46. The molecule has 0 aliphatic rings. The average Bonchev–Trinajstić information content (AvgIpc) is 2.70. The average molecular weight is 337 g/mol. The van der Waals surface area contributed by atoms with E-state index in [4.69, 9.17) is 4.99 Å². The van der Waals surface area contributed by atoms with E-state index in [0.29, 0.717) is 0 Å². The van der Waals surface area contributed by atoms with Crippen LogP contribution in [0.3, 0.4) is 0 Å². The smallest absolute Gasteiger partial charge is 0.0703 e. The van der Waals surface area contributed by atoms with E-state index in [-0.39, 0.29) is 0 Å². The monoisotopic (exact) mass is 337 g/mol. The van der Waals surface area contributed by atoms with Crippen molar-refractivity contribution in [2.24, 2.45) is 4.99 Å². The maximum atomic E-state index is 4.86. The van der Waals surface area contributed by atoms with Gasteiger partial charge in [0.2, 0.25) is 0 Å². The molecule has 0 aliphatic heterocycles. The molecular formula is C25H23N. The minimum atomic E-state index is 0.871. The predicted octanol–water partition coefficient (Wildman–Crippen LogP) is 6.70. The maximum absolute atomic E-state index is 4.86. The summed E-state index contributed by atoms with van der Waals surface area (Å²) in [5.41, 5.74) is 7.63. The molecule has 3 aromatic carbocycles. The Hall–Kier alpha value is -3.19. The van der Waals surface area contributed by atoms with Crippen molar-refractivity contribution < 1.29 is 0 Å². The highest BCUT2D eigenvalue weighted by Crippen LogP contribution is 2.23. The van der Waals surface area contributed by atoms with Crippen LogP contribution in [0.1, 0.15) is 23.6 Å². The van der Waals surface area contributed by atoms with Gasteiger partial charge >= 0.3 is 0 Å². The van der Waals surface area contributed by atoms with Crippen molar-refractivity contribution in [2.45, 2.75) is 13.8 Å². The Labute approximate surface area is 156 Å². The molecule has 0 aliphatic carbocycles. The van der Waals surface area contributed by atoms with Gasteiger partial charge in [-0.3, -0.25) is 0 Å². The van der Waals surface area contributed by atoms with Gasteiger partial charge in [0.25, 0.3) is 0 Å². The Bertz CT molecular complexity index is 945. The maximum Gasteiger partial charge on any atom is 0.0703 e. The first-order chi connectivity index (χ1) is 12.7. The molecule has 0 saturated carbocycles. The molecule has 128 valence electrons. The molecule has 0 radical (unpaired) electrons. The Morgan fingerprint density at radius 2 is 1.50 bits per heavy atom. The van der Waals surface area contributed by atoms with Gasteiger partial charge in [0.05, 0.1) is 11.4 Å². The number of benzene rings is 3. The molecule has 0 atom stereocenters. The molecule has 26 heavy (non-hydrogen) atoms. The Kier molecular flexibility index (Phi) is 5.60. The summed E-state index contributed by atoms with van der Waals surface area (Å²) in [6.45, 7) is 8.09. The fraction of sp³-hybridized carbons (Fsp3) is 0.0800. The van der Waals surface area contributed by atoms with Gasteiger partial charge in [0.1, 0.15) is 0 Å². The predicted molar refractivity (Wildman–Crippen MR) is 113 cm³/mol. The molecule has 1 nitrogen and oxygen atoms in total. The first-order valence-electron chi connectivity index (χ1n) is 8.81. The number of aryl methyl sites for hydroxylation is 1. The second kappa shape index (κ2) is 8.26. The largest absolute Gasteiger partial charge is 0.248 e. The van der Waals surface area contributed by atoms with Crippen molar-refractivity contribution in [1.82, 2.24) is 0 Å².